The smallest absolute Gasteiger partial charge is 0.250 e. The fourth-order valence-electron chi connectivity index (χ4n) is 5.36. The summed E-state index contributed by atoms with van der Waals surface area (Å²) in [6.45, 7) is 8.56. The maximum atomic E-state index is 13.9. The zero-order valence-electron chi connectivity index (χ0n) is 22.1. The molecule has 0 radical (unpaired) electrons. The van der Waals surface area contributed by atoms with Crippen LogP contribution < -0.4 is 15.5 Å². The van der Waals surface area contributed by atoms with Crippen LogP contribution in [0.25, 0.3) is 11.3 Å². The van der Waals surface area contributed by atoms with E-state index < -0.39 is 11.7 Å². The van der Waals surface area contributed by atoms with Gasteiger partial charge in [0.15, 0.2) is 0 Å². The topological polar surface area (TPSA) is 91.5 Å². The van der Waals surface area contributed by atoms with Crippen LogP contribution in [-0.2, 0) is 6.42 Å². The molecule has 11 heteroatoms. The summed E-state index contributed by atoms with van der Waals surface area (Å²) in [5.41, 5.74) is 7.87. The van der Waals surface area contributed by atoms with Gasteiger partial charge < -0.3 is 15.5 Å². The molecule has 2 atom stereocenters. The number of hydrogen-bond acceptors (Lipinski definition) is 7. The molecular weight excluding hydrogens is 540 g/mol. The van der Waals surface area contributed by atoms with E-state index in [1.54, 1.807) is 18.2 Å². The highest BCUT2D eigenvalue weighted by atomic mass is 35.5. The molecule has 1 amide bonds. The van der Waals surface area contributed by atoms with E-state index in [4.69, 9.17) is 38.9 Å². The molecule has 2 aliphatic rings. The van der Waals surface area contributed by atoms with Crippen molar-refractivity contribution in [3.63, 3.8) is 0 Å². The Labute approximate surface area is 237 Å². The molecule has 4 heterocycles. The van der Waals surface area contributed by atoms with E-state index in [1.807, 2.05) is 6.07 Å². The van der Waals surface area contributed by atoms with E-state index in [0.29, 0.717) is 29.0 Å². The number of rotatable bonds is 7. The molecule has 0 spiro atoms. The third kappa shape index (κ3) is 6.10. The van der Waals surface area contributed by atoms with Crippen molar-refractivity contribution < 1.29 is 9.18 Å². The van der Waals surface area contributed by atoms with Crippen LogP contribution in [0.2, 0.25) is 10.0 Å². The van der Waals surface area contributed by atoms with Gasteiger partial charge >= 0.3 is 0 Å². The van der Waals surface area contributed by atoms with Gasteiger partial charge in [0, 0.05) is 69.1 Å². The van der Waals surface area contributed by atoms with Gasteiger partial charge in [-0.2, -0.15) is 4.98 Å². The van der Waals surface area contributed by atoms with Crippen molar-refractivity contribution in [3.05, 3.63) is 63.6 Å². The average Bonchev–Trinajstić information content (AvgIpc) is 3.35. The summed E-state index contributed by atoms with van der Waals surface area (Å²) in [6, 6.07) is 8.81. The van der Waals surface area contributed by atoms with Crippen LogP contribution in [-0.4, -0.2) is 70.6 Å². The standard InChI is InChI=1S/C28H32Cl2FN7O/c1-17-4-3-8-38(17)28-34-25(19-5-6-23(31)21(29)12-19)14-26(35-28)37-11-10-36(16-18(37)2)9-7-24-22(30)13-20(15-33-24)27(32)39/h5-6,12-15,17-18H,3-4,7-11,16H2,1-2H3,(H2,32,39). The van der Waals surface area contributed by atoms with E-state index >= 15 is 0 Å². The molecule has 2 aliphatic heterocycles. The zero-order chi connectivity index (χ0) is 27.7. The zero-order valence-corrected chi connectivity index (χ0v) is 23.6. The van der Waals surface area contributed by atoms with Crippen molar-refractivity contribution in [2.45, 2.75) is 45.2 Å². The highest BCUT2D eigenvalue weighted by Crippen LogP contribution is 2.31. The fraction of sp³-hybridized carbons (Fsp3) is 0.429. The minimum atomic E-state index is -0.543. The van der Waals surface area contributed by atoms with Gasteiger partial charge in [0.2, 0.25) is 11.9 Å². The molecule has 0 aliphatic carbocycles. The lowest BCUT2D eigenvalue weighted by molar-refractivity contribution is 0.1000. The number of pyridine rings is 1. The Morgan fingerprint density at radius 3 is 2.54 bits per heavy atom. The van der Waals surface area contributed by atoms with Crippen LogP contribution in [0.1, 0.15) is 42.7 Å². The Kier molecular flexibility index (Phi) is 8.21. The third-order valence-corrected chi connectivity index (χ3v) is 8.22. The summed E-state index contributed by atoms with van der Waals surface area (Å²) in [4.78, 5) is 32.5. The highest BCUT2D eigenvalue weighted by Gasteiger charge is 2.28. The van der Waals surface area contributed by atoms with E-state index in [2.05, 4.69) is 33.5 Å². The first-order chi connectivity index (χ1) is 18.7. The third-order valence-electron chi connectivity index (χ3n) is 7.60. The minimum Gasteiger partial charge on any atom is -0.366 e. The van der Waals surface area contributed by atoms with Gasteiger partial charge in [0.25, 0.3) is 0 Å². The van der Waals surface area contributed by atoms with E-state index in [-0.39, 0.29) is 11.1 Å². The second-order valence-electron chi connectivity index (χ2n) is 10.3. The Morgan fingerprint density at radius 1 is 1.05 bits per heavy atom. The number of aromatic nitrogens is 3. The van der Waals surface area contributed by atoms with E-state index in [1.165, 1.54) is 12.3 Å². The second kappa shape index (κ2) is 11.6. The minimum absolute atomic E-state index is 0.0737. The van der Waals surface area contributed by atoms with Gasteiger partial charge in [0.1, 0.15) is 11.6 Å². The molecule has 0 saturated carbocycles. The molecule has 206 valence electrons. The van der Waals surface area contributed by atoms with Crippen LogP contribution in [0.5, 0.6) is 0 Å². The summed E-state index contributed by atoms with van der Waals surface area (Å²) in [7, 11) is 0. The summed E-state index contributed by atoms with van der Waals surface area (Å²) in [5, 5.41) is 0.528. The molecule has 5 rings (SSSR count). The van der Waals surface area contributed by atoms with Crippen molar-refractivity contribution in [1.82, 2.24) is 19.9 Å². The number of benzene rings is 1. The molecule has 0 bridgehead atoms. The van der Waals surface area contributed by atoms with Gasteiger partial charge in [-0.05, 0) is 51.0 Å². The first-order valence-corrected chi connectivity index (χ1v) is 14.0. The van der Waals surface area contributed by atoms with E-state index in [9.17, 15) is 9.18 Å². The normalized spacial score (nSPS) is 20.0. The lowest BCUT2D eigenvalue weighted by Crippen LogP contribution is -2.52. The van der Waals surface area contributed by atoms with Crippen molar-refractivity contribution in [2.24, 2.45) is 5.73 Å². The van der Waals surface area contributed by atoms with Gasteiger partial charge in [-0.1, -0.05) is 23.2 Å². The van der Waals surface area contributed by atoms with Crippen LogP contribution in [0.4, 0.5) is 16.2 Å². The Bertz CT molecular complexity index is 1370. The van der Waals surface area contributed by atoms with Crippen molar-refractivity contribution >= 4 is 40.9 Å². The van der Waals surface area contributed by atoms with Crippen molar-refractivity contribution in [2.75, 3.05) is 42.5 Å². The average molecular weight is 573 g/mol. The highest BCUT2D eigenvalue weighted by molar-refractivity contribution is 6.31. The first kappa shape index (κ1) is 27.6. The summed E-state index contributed by atoms with van der Waals surface area (Å²) in [5.74, 6) is 0.558. The van der Waals surface area contributed by atoms with Crippen molar-refractivity contribution in [3.8, 4) is 11.3 Å². The quantitative estimate of drug-likeness (QED) is 0.434. The number of piperazine rings is 1. The predicted octanol–water partition coefficient (Wildman–Crippen LogP) is 4.83. The van der Waals surface area contributed by atoms with Crippen LogP contribution >= 0.6 is 23.2 Å². The number of anilines is 2. The maximum Gasteiger partial charge on any atom is 0.250 e. The molecule has 2 fully saturated rings. The number of nitrogens with zero attached hydrogens (tertiary/aromatic N) is 6. The molecule has 1 aromatic carbocycles. The van der Waals surface area contributed by atoms with Gasteiger partial charge in [-0.3, -0.25) is 14.7 Å². The second-order valence-corrected chi connectivity index (χ2v) is 11.1. The number of nitrogens with two attached hydrogens (primary N) is 1. The predicted molar refractivity (Wildman–Crippen MR) is 153 cm³/mol. The number of amides is 1. The summed E-state index contributed by atoms with van der Waals surface area (Å²) in [6.07, 6.45) is 4.35. The summed E-state index contributed by atoms with van der Waals surface area (Å²) >= 11 is 12.5. The monoisotopic (exact) mass is 571 g/mol. The van der Waals surface area contributed by atoms with E-state index in [0.717, 1.165) is 68.3 Å². The number of halogens is 3. The fourth-order valence-corrected chi connectivity index (χ4v) is 5.80. The first-order valence-electron chi connectivity index (χ1n) is 13.2. The Morgan fingerprint density at radius 2 is 1.87 bits per heavy atom. The lowest BCUT2D eigenvalue weighted by atomic mass is 10.1. The number of hydrogen-bond donors (Lipinski definition) is 1. The van der Waals surface area contributed by atoms with Crippen molar-refractivity contribution in [1.29, 1.82) is 0 Å². The van der Waals surface area contributed by atoms with Gasteiger partial charge in [0.05, 0.1) is 27.0 Å². The molecule has 2 unspecified atom stereocenters. The number of carbonyl (C=O) groups excluding carboxylic acids is 1. The molecule has 2 aromatic heterocycles. The van der Waals surface area contributed by atoms with Crippen LogP contribution in [0, 0.1) is 5.82 Å². The lowest BCUT2D eigenvalue weighted by Gasteiger charge is -2.41. The Balaban J connectivity index is 1.34. The molecule has 2 saturated heterocycles. The van der Waals surface area contributed by atoms with Crippen LogP contribution in [0.15, 0.2) is 36.5 Å². The molecule has 8 nitrogen and oxygen atoms in total. The molecule has 3 aromatic rings. The Hall–Kier alpha value is -3.01. The van der Waals surface area contributed by atoms with Crippen LogP contribution in [0.3, 0.4) is 0 Å². The summed E-state index contributed by atoms with van der Waals surface area (Å²) < 4.78 is 13.9. The molecule has 2 N–H and O–H groups in total. The largest absolute Gasteiger partial charge is 0.366 e. The SMILES string of the molecule is CC1CN(CCc2ncc(C(N)=O)cc2Cl)CCN1c1cc(-c2ccc(F)c(Cl)c2)nc(N2CCCC2C)n1. The number of carbonyl (C=O) groups is 1. The van der Waals surface area contributed by atoms with Gasteiger partial charge in [-0.15, -0.1) is 0 Å². The maximum absolute atomic E-state index is 13.9. The van der Waals surface area contributed by atoms with Gasteiger partial charge in [-0.25, -0.2) is 9.37 Å². The number of primary amides is 1. The molecule has 39 heavy (non-hydrogen) atoms. The molecular formula is C28H32Cl2FN7O.